The van der Waals surface area contributed by atoms with E-state index in [9.17, 15) is 9.18 Å². The highest BCUT2D eigenvalue weighted by Crippen LogP contribution is 2.30. The van der Waals surface area contributed by atoms with Crippen LogP contribution >= 0.6 is 11.6 Å². The van der Waals surface area contributed by atoms with E-state index in [1.807, 2.05) is 0 Å². The van der Waals surface area contributed by atoms with Crippen molar-refractivity contribution in [3.63, 3.8) is 0 Å². The molecule has 1 amide bonds. The van der Waals surface area contributed by atoms with E-state index < -0.39 is 5.82 Å². The van der Waals surface area contributed by atoms with Crippen LogP contribution in [0.3, 0.4) is 0 Å². The van der Waals surface area contributed by atoms with E-state index in [1.165, 1.54) is 11.0 Å². The highest BCUT2D eigenvalue weighted by atomic mass is 35.5. The summed E-state index contributed by atoms with van der Waals surface area (Å²) in [6, 6.07) is 4.50. The fraction of sp³-hybridized carbons (Fsp3) is 0.300. The van der Waals surface area contributed by atoms with E-state index in [2.05, 4.69) is 0 Å². The topological polar surface area (TPSA) is 20.3 Å². The van der Waals surface area contributed by atoms with Crippen molar-refractivity contribution in [2.75, 3.05) is 11.4 Å². The Labute approximate surface area is 86.3 Å². The van der Waals surface area contributed by atoms with Crippen LogP contribution in [0.1, 0.15) is 12.8 Å². The van der Waals surface area contributed by atoms with Gasteiger partial charge in [-0.2, -0.15) is 0 Å². The second-order valence-corrected chi connectivity index (χ2v) is 3.60. The van der Waals surface area contributed by atoms with Crippen molar-refractivity contribution in [1.82, 2.24) is 0 Å². The zero-order chi connectivity index (χ0) is 10.1. The molecule has 2 rings (SSSR count). The van der Waals surface area contributed by atoms with Crippen LogP contribution in [-0.4, -0.2) is 12.5 Å². The highest BCUT2D eigenvalue weighted by Gasteiger charge is 2.24. The predicted molar refractivity (Wildman–Crippen MR) is 53.0 cm³/mol. The summed E-state index contributed by atoms with van der Waals surface area (Å²) in [7, 11) is 0. The summed E-state index contributed by atoms with van der Waals surface area (Å²) >= 11 is 5.77. The average molecular weight is 214 g/mol. The van der Waals surface area contributed by atoms with Crippen LogP contribution < -0.4 is 4.90 Å². The van der Waals surface area contributed by atoms with Crippen LogP contribution in [-0.2, 0) is 4.79 Å². The maximum Gasteiger partial charge on any atom is 0.227 e. The number of nitrogens with zero attached hydrogens (tertiary/aromatic N) is 1. The lowest BCUT2D eigenvalue weighted by Crippen LogP contribution is -2.24. The van der Waals surface area contributed by atoms with Gasteiger partial charge in [-0.05, 0) is 18.6 Å². The van der Waals surface area contributed by atoms with E-state index in [0.717, 1.165) is 6.42 Å². The monoisotopic (exact) mass is 213 g/mol. The third kappa shape index (κ3) is 1.48. The van der Waals surface area contributed by atoms with E-state index >= 15 is 0 Å². The van der Waals surface area contributed by atoms with Crippen LogP contribution in [0.5, 0.6) is 0 Å². The van der Waals surface area contributed by atoms with Gasteiger partial charge in [-0.3, -0.25) is 4.79 Å². The van der Waals surface area contributed by atoms with E-state index in [0.29, 0.717) is 18.7 Å². The molecule has 14 heavy (non-hydrogen) atoms. The molecule has 0 unspecified atom stereocenters. The number of hydrogen-bond donors (Lipinski definition) is 0. The number of carbonyl (C=O) groups is 1. The van der Waals surface area contributed by atoms with Gasteiger partial charge < -0.3 is 4.90 Å². The summed E-state index contributed by atoms with van der Waals surface area (Å²) in [6.07, 6.45) is 1.33. The number of halogens is 2. The molecule has 4 heteroatoms. The van der Waals surface area contributed by atoms with E-state index in [4.69, 9.17) is 11.6 Å². The van der Waals surface area contributed by atoms with Crippen molar-refractivity contribution < 1.29 is 9.18 Å². The first kappa shape index (κ1) is 9.46. The summed E-state index contributed by atoms with van der Waals surface area (Å²) in [5, 5.41) is 0.0303. The molecule has 0 bridgehead atoms. The maximum atomic E-state index is 13.1. The molecule has 0 spiro atoms. The molecule has 1 heterocycles. The second-order valence-electron chi connectivity index (χ2n) is 3.22. The van der Waals surface area contributed by atoms with E-state index in [-0.39, 0.29) is 10.9 Å². The smallest absolute Gasteiger partial charge is 0.227 e. The maximum absolute atomic E-state index is 13.1. The molecule has 1 fully saturated rings. The van der Waals surface area contributed by atoms with Gasteiger partial charge in [-0.1, -0.05) is 17.7 Å². The fourth-order valence-corrected chi connectivity index (χ4v) is 1.83. The van der Waals surface area contributed by atoms with Gasteiger partial charge in [0.25, 0.3) is 0 Å². The Bertz CT molecular complexity index is 380. The highest BCUT2D eigenvalue weighted by molar-refractivity contribution is 6.34. The van der Waals surface area contributed by atoms with E-state index in [1.54, 1.807) is 12.1 Å². The van der Waals surface area contributed by atoms with Crippen molar-refractivity contribution in [3.8, 4) is 0 Å². The molecule has 0 radical (unpaired) electrons. The zero-order valence-electron chi connectivity index (χ0n) is 7.46. The first-order chi connectivity index (χ1) is 6.70. The third-order valence-electron chi connectivity index (χ3n) is 2.30. The first-order valence-corrected chi connectivity index (χ1v) is 4.82. The van der Waals surface area contributed by atoms with Crippen molar-refractivity contribution in [2.24, 2.45) is 0 Å². The fourth-order valence-electron chi connectivity index (χ4n) is 1.60. The van der Waals surface area contributed by atoms with Gasteiger partial charge in [-0.25, -0.2) is 4.39 Å². The SMILES string of the molecule is O=C1CCCN1c1cccc(F)c1Cl. The average Bonchev–Trinajstić information content (AvgIpc) is 2.57. The number of rotatable bonds is 1. The quantitative estimate of drug-likeness (QED) is 0.702. The Morgan fingerprint density at radius 1 is 1.43 bits per heavy atom. The van der Waals surface area contributed by atoms with Gasteiger partial charge >= 0.3 is 0 Å². The molecule has 2 nitrogen and oxygen atoms in total. The first-order valence-electron chi connectivity index (χ1n) is 4.44. The number of benzene rings is 1. The predicted octanol–water partition coefficient (Wildman–Crippen LogP) is 2.61. The normalized spacial score (nSPS) is 16.4. The number of carbonyl (C=O) groups excluding carboxylic acids is 1. The minimum Gasteiger partial charge on any atom is -0.311 e. The van der Waals surface area contributed by atoms with Crippen molar-refractivity contribution in [1.29, 1.82) is 0 Å². The molecule has 1 saturated heterocycles. The number of amides is 1. The van der Waals surface area contributed by atoms with Gasteiger partial charge in [0, 0.05) is 13.0 Å². The van der Waals surface area contributed by atoms with Crippen molar-refractivity contribution in [3.05, 3.63) is 29.0 Å². The lowest BCUT2D eigenvalue weighted by Gasteiger charge is -2.17. The molecule has 0 atom stereocenters. The molecule has 74 valence electrons. The molecule has 1 aliphatic rings. The molecular weight excluding hydrogens is 205 g/mol. The Morgan fingerprint density at radius 2 is 2.21 bits per heavy atom. The molecular formula is C10H9ClFNO. The minimum atomic E-state index is -0.483. The molecule has 0 saturated carbocycles. The van der Waals surface area contributed by atoms with Gasteiger partial charge in [0.1, 0.15) is 10.8 Å². The standard InChI is InChI=1S/C10H9ClFNO/c11-10-7(12)3-1-4-8(10)13-6-2-5-9(13)14/h1,3-4H,2,5-6H2. The van der Waals surface area contributed by atoms with Gasteiger partial charge in [0.2, 0.25) is 5.91 Å². The number of anilines is 1. The van der Waals surface area contributed by atoms with Gasteiger partial charge in [-0.15, -0.1) is 0 Å². The molecule has 0 aromatic heterocycles. The van der Waals surface area contributed by atoms with Crippen LogP contribution in [0.25, 0.3) is 0 Å². The van der Waals surface area contributed by atoms with Crippen LogP contribution in [0.2, 0.25) is 5.02 Å². The summed E-state index contributed by atoms with van der Waals surface area (Å²) in [6.45, 7) is 0.627. The van der Waals surface area contributed by atoms with Crippen LogP contribution in [0, 0.1) is 5.82 Å². The third-order valence-corrected chi connectivity index (χ3v) is 2.67. The molecule has 1 aliphatic heterocycles. The van der Waals surface area contributed by atoms with Crippen LogP contribution in [0.15, 0.2) is 18.2 Å². The number of hydrogen-bond acceptors (Lipinski definition) is 1. The van der Waals surface area contributed by atoms with Gasteiger partial charge in [0.15, 0.2) is 0 Å². The lowest BCUT2D eigenvalue weighted by molar-refractivity contribution is -0.117. The summed E-state index contributed by atoms with van der Waals surface area (Å²) in [5.41, 5.74) is 0.481. The Balaban J connectivity index is 2.41. The van der Waals surface area contributed by atoms with Crippen molar-refractivity contribution >= 4 is 23.2 Å². The summed E-state index contributed by atoms with van der Waals surface area (Å²) in [5.74, 6) is -0.471. The Morgan fingerprint density at radius 3 is 2.86 bits per heavy atom. The minimum absolute atomic E-state index is 0.0116. The Kier molecular flexibility index (Phi) is 2.42. The van der Waals surface area contributed by atoms with Crippen LogP contribution in [0.4, 0.5) is 10.1 Å². The summed E-state index contributed by atoms with van der Waals surface area (Å²) in [4.78, 5) is 12.9. The van der Waals surface area contributed by atoms with Crippen molar-refractivity contribution in [2.45, 2.75) is 12.8 Å². The molecule has 0 aliphatic carbocycles. The second kappa shape index (κ2) is 3.58. The zero-order valence-corrected chi connectivity index (χ0v) is 8.22. The Hall–Kier alpha value is -1.09. The lowest BCUT2D eigenvalue weighted by atomic mass is 10.3. The molecule has 1 aromatic carbocycles. The summed E-state index contributed by atoms with van der Waals surface area (Å²) < 4.78 is 13.1. The van der Waals surface area contributed by atoms with Gasteiger partial charge in [0.05, 0.1) is 5.69 Å². The largest absolute Gasteiger partial charge is 0.311 e. The molecule has 1 aromatic rings. The molecule has 0 N–H and O–H groups in total.